The molecule has 0 radical (unpaired) electrons. The molecular weight excluding hydrogens is 370 g/mol. The fourth-order valence-electron chi connectivity index (χ4n) is 2.93. The number of carbonyl (C=O) groups is 2. The van der Waals surface area contributed by atoms with Crippen LogP contribution in [0.4, 0.5) is 0 Å². The lowest BCUT2D eigenvalue weighted by molar-refractivity contribution is -0.136. The Labute approximate surface area is 158 Å². The lowest BCUT2D eigenvalue weighted by atomic mass is 9.86. The van der Waals surface area contributed by atoms with Gasteiger partial charge in [0.1, 0.15) is 17.9 Å². The topological polar surface area (TPSA) is 138 Å². The summed E-state index contributed by atoms with van der Waals surface area (Å²) in [5.74, 6) is -2.75. The van der Waals surface area contributed by atoms with Crippen molar-refractivity contribution in [2.75, 3.05) is 14.2 Å². The van der Waals surface area contributed by atoms with Gasteiger partial charge < -0.3 is 29.5 Å². The van der Waals surface area contributed by atoms with Crippen molar-refractivity contribution in [1.29, 1.82) is 0 Å². The zero-order chi connectivity index (χ0) is 20.4. The summed E-state index contributed by atoms with van der Waals surface area (Å²) in [5, 5.41) is 9.37. The van der Waals surface area contributed by atoms with Gasteiger partial charge in [0.05, 0.1) is 25.7 Å². The summed E-state index contributed by atoms with van der Waals surface area (Å²) in [4.78, 5) is 36.4. The number of ether oxygens (including phenoxy) is 3. The van der Waals surface area contributed by atoms with Gasteiger partial charge in [0.25, 0.3) is 0 Å². The molecule has 0 unspecified atom stereocenters. The van der Waals surface area contributed by atoms with Crippen LogP contribution in [0.15, 0.2) is 51.0 Å². The molecule has 0 amide bonds. The van der Waals surface area contributed by atoms with Crippen molar-refractivity contribution in [2.45, 2.75) is 12.5 Å². The molecule has 0 spiro atoms. The number of carbonyl (C=O) groups excluding carboxylic acids is 2. The van der Waals surface area contributed by atoms with Crippen molar-refractivity contribution in [1.82, 2.24) is 0 Å². The molecule has 0 saturated heterocycles. The number of hydrogen-bond acceptors (Lipinski definition) is 9. The number of methoxy groups -OCH3 is 2. The molecule has 0 fully saturated rings. The maximum atomic E-state index is 12.3. The number of aliphatic hydroxyl groups is 1. The Balaban J connectivity index is 2.22. The molecule has 3 rings (SSSR count). The molecule has 1 aromatic heterocycles. The minimum Gasteiger partial charge on any atom is -0.465 e. The molecule has 0 saturated carbocycles. The van der Waals surface area contributed by atoms with Gasteiger partial charge in [-0.1, -0.05) is 12.1 Å². The van der Waals surface area contributed by atoms with Crippen LogP contribution in [0.5, 0.6) is 5.75 Å². The second-order valence-corrected chi connectivity index (χ2v) is 5.85. The number of aliphatic hydroxyl groups excluding tert-OH is 1. The summed E-state index contributed by atoms with van der Waals surface area (Å²) >= 11 is 0. The Bertz CT molecular complexity index is 1020. The number of nitrogens with two attached hydrogens (primary N) is 1. The molecular formula is C19H17NO8. The summed E-state index contributed by atoms with van der Waals surface area (Å²) in [7, 11) is 2.44. The van der Waals surface area contributed by atoms with E-state index in [4.69, 9.17) is 19.6 Å². The quantitative estimate of drug-likeness (QED) is 0.729. The third kappa shape index (κ3) is 3.23. The molecule has 2 aromatic rings. The van der Waals surface area contributed by atoms with Gasteiger partial charge in [0.2, 0.25) is 17.1 Å². The third-order valence-corrected chi connectivity index (χ3v) is 4.24. The minimum atomic E-state index is -0.943. The van der Waals surface area contributed by atoms with Crippen molar-refractivity contribution in [3.63, 3.8) is 0 Å². The fraction of sp³-hybridized carbons (Fsp3) is 0.211. The minimum absolute atomic E-state index is 0.00281. The molecule has 1 aliphatic rings. The highest BCUT2D eigenvalue weighted by molar-refractivity contribution is 5.92. The van der Waals surface area contributed by atoms with Gasteiger partial charge in [-0.15, -0.1) is 0 Å². The summed E-state index contributed by atoms with van der Waals surface area (Å²) in [6.07, 6.45) is 0. The Kier molecular flexibility index (Phi) is 5.18. The first-order valence-electron chi connectivity index (χ1n) is 8.13. The van der Waals surface area contributed by atoms with E-state index in [0.29, 0.717) is 11.1 Å². The van der Waals surface area contributed by atoms with Gasteiger partial charge in [-0.2, -0.15) is 0 Å². The Morgan fingerprint density at radius 1 is 1.14 bits per heavy atom. The first-order valence-corrected chi connectivity index (χ1v) is 8.13. The van der Waals surface area contributed by atoms with Gasteiger partial charge >= 0.3 is 11.9 Å². The summed E-state index contributed by atoms with van der Waals surface area (Å²) in [5.41, 5.74) is 6.03. The largest absolute Gasteiger partial charge is 0.465 e. The molecule has 9 heteroatoms. The highest BCUT2D eigenvalue weighted by Crippen LogP contribution is 2.41. The van der Waals surface area contributed by atoms with E-state index in [2.05, 4.69) is 4.74 Å². The van der Waals surface area contributed by atoms with Crippen LogP contribution in [0.1, 0.15) is 33.4 Å². The molecule has 1 aliphatic heterocycles. The van der Waals surface area contributed by atoms with Crippen molar-refractivity contribution < 1.29 is 33.3 Å². The zero-order valence-corrected chi connectivity index (χ0v) is 15.1. The summed E-state index contributed by atoms with van der Waals surface area (Å²) in [6.45, 7) is -0.525. The van der Waals surface area contributed by atoms with Gasteiger partial charge in [-0.3, -0.25) is 4.79 Å². The molecule has 146 valence electrons. The van der Waals surface area contributed by atoms with Crippen LogP contribution in [-0.2, 0) is 20.9 Å². The Hall–Kier alpha value is -3.59. The average molecular weight is 387 g/mol. The van der Waals surface area contributed by atoms with Gasteiger partial charge in [-0.25, -0.2) is 9.59 Å². The zero-order valence-electron chi connectivity index (χ0n) is 15.1. The van der Waals surface area contributed by atoms with E-state index in [-0.39, 0.29) is 28.7 Å². The standard InChI is InChI=1S/C19H17NO8/c1-25-18(23)10-5-3-9(4-6-10)13-14(19(24)26-2)17(20)28-15-12(22)7-11(8-21)27-16(13)15/h3-7,13,21H,8,20H2,1-2H3/t13-/m0/s1. The van der Waals surface area contributed by atoms with Crippen LogP contribution in [0.3, 0.4) is 0 Å². The number of hydrogen-bond donors (Lipinski definition) is 2. The second-order valence-electron chi connectivity index (χ2n) is 5.85. The SMILES string of the molecule is COC(=O)C1=C(N)Oc2c(oc(CO)cc2=O)[C@H]1c1ccc(C(=O)OC)cc1. The number of benzene rings is 1. The molecule has 0 bridgehead atoms. The first-order chi connectivity index (χ1) is 13.4. The second kappa shape index (κ2) is 7.57. The maximum absolute atomic E-state index is 12.3. The molecule has 3 N–H and O–H groups in total. The van der Waals surface area contributed by atoms with E-state index in [1.165, 1.54) is 26.4 Å². The normalized spacial score (nSPS) is 15.5. The Morgan fingerprint density at radius 3 is 2.36 bits per heavy atom. The van der Waals surface area contributed by atoms with E-state index in [0.717, 1.165) is 6.07 Å². The predicted octanol–water partition coefficient (Wildman–Crippen LogP) is 0.786. The monoisotopic (exact) mass is 387 g/mol. The number of esters is 2. The number of fused-ring (bicyclic) bond motifs is 1. The van der Waals surface area contributed by atoms with Crippen LogP contribution in [0, 0.1) is 0 Å². The van der Waals surface area contributed by atoms with Gasteiger partial charge in [0, 0.05) is 6.07 Å². The molecule has 9 nitrogen and oxygen atoms in total. The van der Waals surface area contributed by atoms with Gasteiger partial charge in [0.15, 0.2) is 5.76 Å². The van der Waals surface area contributed by atoms with Crippen LogP contribution in [-0.4, -0.2) is 31.3 Å². The van der Waals surface area contributed by atoms with Crippen molar-refractivity contribution in [2.24, 2.45) is 5.73 Å². The van der Waals surface area contributed by atoms with Crippen LogP contribution < -0.4 is 15.9 Å². The van der Waals surface area contributed by atoms with Crippen LogP contribution in [0.2, 0.25) is 0 Å². The summed E-state index contributed by atoms with van der Waals surface area (Å²) < 4.78 is 20.4. The van der Waals surface area contributed by atoms with Crippen molar-refractivity contribution in [3.05, 3.63) is 74.7 Å². The predicted molar refractivity (Wildman–Crippen MR) is 94.4 cm³/mol. The van der Waals surface area contributed by atoms with Crippen LogP contribution >= 0.6 is 0 Å². The van der Waals surface area contributed by atoms with Gasteiger partial charge in [-0.05, 0) is 17.7 Å². The van der Waals surface area contributed by atoms with E-state index in [1.54, 1.807) is 12.1 Å². The molecule has 0 aliphatic carbocycles. The smallest absolute Gasteiger partial charge is 0.340 e. The lowest BCUT2D eigenvalue weighted by Gasteiger charge is -2.26. The van der Waals surface area contributed by atoms with E-state index in [1.807, 2.05) is 0 Å². The molecule has 1 aromatic carbocycles. The van der Waals surface area contributed by atoms with E-state index >= 15 is 0 Å². The highest BCUT2D eigenvalue weighted by atomic mass is 16.5. The fourth-order valence-corrected chi connectivity index (χ4v) is 2.93. The van der Waals surface area contributed by atoms with Crippen LogP contribution in [0.25, 0.3) is 0 Å². The maximum Gasteiger partial charge on any atom is 0.340 e. The molecule has 2 heterocycles. The highest BCUT2D eigenvalue weighted by Gasteiger charge is 2.39. The van der Waals surface area contributed by atoms with Crippen molar-refractivity contribution in [3.8, 4) is 5.75 Å². The third-order valence-electron chi connectivity index (χ3n) is 4.24. The first kappa shape index (κ1) is 19.2. The van der Waals surface area contributed by atoms with E-state index < -0.39 is 29.9 Å². The number of rotatable bonds is 4. The van der Waals surface area contributed by atoms with E-state index in [9.17, 15) is 19.5 Å². The summed E-state index contributed by atoms with van der Waals surface area (Å²) in [6, 6.07) is 7.19. The average Bonchev–Trinajstić information content (AvgIpc) is 2.72. The molecule has 1 atom stereocenters. The van der Waals surface area contributed by atoms with Crippen molar-refractivity contribution >= 4 is 11.9 Å². The molecule has 28 heavy (non-hydrogen) atoms. The Morgan fingerprint density at radius 2 is 1.79 bits per heavy atom. The lowest BCUT2D eigenvalue weighted by Crippen LogP contribution is -2.29.